The fourth-order valence-corrected chi connectivity index (χ4v) is 3.33. The van der Waals surface area contributed by atoms with Crippen LogP contribution in [0.1, 0.15) is 37.7 Å². The predicted octanol–water partition coefficient (Wildman–Crippen LogP) is 3.17. The molecule has 1 aliphatic carbocycles. The van der Waals surface area contributed by atoms with Gasteiger partial charge in [-0.05, 0) is 46.5 Å². The second-order valence-electron chi connectivity index (χ2n) is 5.58. The van der Waals surface area contributed by atoms with Gasteiger partial charge in [0.15, 0.2) is 18.1 Å². The number of rotatable bonds is 7. The third-order valence-electron chi connectivity index (χ3n) is 3.85. The number of carbonyl (C=O) groups excluding carboxylic acids is 1. The molecule has 0 atom stereocenters. The van der Waals surface area contributed by atoms with Crippen LogP contribution in [0.15, 0.2) is 16.6 Å². The first-order valence-corrected chi connectivity index (χ1v) is 8.40. The Bertz CT molecular complexity index is 522. The number of halogens is 2. The zero-order valence-electron chi connectivity index (χ0n) is 13.3. The summed E-state index contributed by atoms with van der Waals surface area (Å²) < 4.78 is 11.5. The van der Waals surface area contributed by atoms with Crippen molar-refractivity contribution in [2.24, 2.45) is 5.73 Å². The molecule has 1 amide bonds. The van der Waals surface area contributed by atoms with Crippen molar-refractivity contribution in [2.75, 3.05) is 13.7 Å². The normalized spacial score (nSPS) is 14.9. The van der Waals surface area contributed by atoms with Crippen LogP contribution in [0.25, 0.3) is 0 Å². The van der Waals surface area contributed by atoms with Crippen molar-refractivity contribution in [1.82, 2.24) is 5.32 Å². The molecule has 7 heteroatoms. The molecule has 0 aromatic heterocycles. The van der Waals surface area contributed by atoms with E-state index >= 15 is 0 Å². The quantitative estimate of drug-likeness (QED) is 0.728. The highest BCUT2D eigenvalue weighted by Crippen LogP contribution is 2.36. The van der Waals surface area contributed by atoms with Gasteiger partial charge in [-0.1, -0.05) is 19.3 Å². The molecule has 1 fully saturated rings. The van der Waals surface area contributed by atoms with E-state index in [4.69, 9.17) is 15.2 Å². The van der Waals surface area contributed by atoms with Crippen molar-refractivity contribution < 1.29 is 14.3 Å². The Morgan fingerprint density at radius 2 is 2.04 bits per heavy atom. The second kappa shape index (κ2) is 10.0. The number of ether oxygens (including phenoxy) is 2. The summed E-state index contributed by atoms with van der Waals surface area (Å²) in [6.45, 7) is 0.615. The molecule has 0 bridgehead atoms. The lowest BCUT2D eigenvalue weighted by Gasteiger charge is -2.23. The zero-order valence-corrected chi connectivity index (χ0v) is 15.7. The molecule has 130 valence electrons. The van der Waals surface area contributed by atoms with Crippen LogP contribution < -0.4 is 20.5 Å². The molecule has 0 unspecified atom stereocenters. The van der Waals surface area contributed by atoms with Gasteiger partial charge in [0.2, 0.25) is 0 Å². The van der Waals surface area contributed by atoms with Gasteiger partial charge >= 0.3 is 0 Å². The summed E-state index contributed by atoms with van der Waals surface area (Å²) in [7, 11) is 1.58. The third-order valence-corrected chi connectivity index (χ3v) is 4.44. The van der Waals surface area contributed by atoms with Gasteiger partial charge in [0, 0.05) is 12.6 Å². The Kier molecular flexibility index (Phi) is 8.73. The average Bonchev–Trinajstić information content (AvgIpc) is 2.52. The highest BCUT2D eigenvalue weighted by molar-refractivity contribution is 9.10. The Morgan fingerprint density at radius 3 is 2.65 bits per heavy atom. The van der Waals surface area contributed by atoms with E-state index < -0.39 is 5.91 Å². The van der Waals surface area contributed by atoms with E-state index in [1.807, 2.05) is 12.1 Å². The van der Waals surface area contributed by atoms with Crippen molar-refractivity contribution >= 4 is 34.2 Å². The van der Waals surface area contributed by atoms with Gasteiger partial charge in [-0.15, -0.1) is 12.4 Å². The number of primary amides is 1. The van der Waals surface area contributed by atoms with Crippen molar-refractivity contribution in [3.8, 4) is 11.5 Å². The molecule has 5 nitrogen and oxygen atoms in total. The molecule has 1 aliphatic rings. The van der Waals surface area contributed by atoms with Gasteiger partial charge in [0.1, 0.15) is 0 Å². The Labute approximate surface area is 151 Å². The van der Waals surface area contributed by atoms with Crippen LogP contribution in [0.3, 0.4) is 0 Å². The molecule has 1 aromatic rings. The third kappa shape index (κ3) is 6.20. The topological polar surface area (TPSA) is 73.6 Å². The highest BCUT2D eigenvalue weighted by atomic mass is 79.9. The molecule has 23 heavy (non-hydrogen) atoms. The minimum Gasteiger partial charge on any atom is -0.493 e. The standard InChI is InChI=1S/C16H23BrN2O3.ClH/c1-21-14-8-11(9-19-12-5-3-2-4-6-12)7-13(17)16(14)22-10-15(18)20;/h7-8,12,19H,2-6,9-10H2,1H3,(H2,18,20);1H. The summed E-state index contributed by atoms with van der Waals surface area (Å²) >= 11 is 3.47. The summed E-state index contributed by atoms with van der Waals surface area (Å²) in [5, 5.41) is 3.59. The number of methoxy groups -OCH3 is 1. The maximum Gasteiger partial charge on any atom is 0.255 e. The van der Waals surface area contributed by atoms with Crippen LogP contribution in [-0.4, -0.2) is 25.7 Å². The molecule has 0 aliphatic heterocycles. The fraction of sp³-hybridized carbons (Fsp3) is 0.562. The zero-order chi connectivity index (χ0) is 15.9. The maximum atomic E-state index is 10.9. The molecule has 3 N–H and O–H groups in total. The van der Waals surface area contributed by atoms with E-state index in [9.17, 15) is 4.79 Å². The van der Waals surface area contributed by atoms with E-state index in [0.29, 0.717) is 17.5 Å². The Morgan fingerprint density at radius 1 is 1.35 bits per heavy atom. The van der Waals surface area contributed by atoms with Crippen molar-refractivity contribution in [3.05, 3.63) is 22.2 Å². The number of benzene rings is 1. The molecule has 0 radical (unpaired) electrons. The van der Waals surface area contributed by atoms with E-state index in [1.54, 1.807) is 7.11 Å². The fourth-order valence-electron chi connectivity index (χ4n) is 2.73. The number of hydrogen-bond acceptors (Lipinski definition) is 4. The van der Waals surface area contributed by atoms with Gasteiger partial charge in [-0.25, -0.2) is 0 Å². The Hall–Kier alpha value is -0.980. The smallest absolute Gasteiger partial charge is 0.255 e. The largest absolute Gasteiger partial charge is 0.493 e. The van der Waals surface area contributed by atoms with Gasteiger partial charge in [-0.3, -0.25) is 4.79 Å². The Balaban J connectivity index is 0.00000264. The number of nitrogens with one attached hydrogen (secondary N) is 1. The predicted molar refractivity (Wildman–Crippen MR) is 96.3 cm³/mol. The molecule has 1 aromatic carbocycles. The summed E-state index contributed by atoms with van der Waals surface area (Å²) in [4.78, 5) is 10.9. The SMILES string of the molecule is COc1cc(CNC2CCCCC2)cc(Br)c1OCC(N)=O.Cl. The minimum absolute atomic E-state index is 0. The van der Waals surface area contributed by atoms with Crippen LogP contribution in [0.2, 0.25) is 0 Å². The second-order valence-corrected chi connectivity index (χ2v) is 6.43. The number of carbonyl (C=O) groups is 1. The van der Waals surface area contributed by atoms with Crippen LogP contribution in [0.5, 0.6) is 11.5 Å². The summed E-state index contributed by atoms with van der Waals surface area (Å²) in [6.07, 6.45) is 6.47. The number of nitrogens with two attached hydrogens (primary N) is 1. The van der Waals surface area contributed by atoms with Crippen molar-refractivity contribution in [2.45, 2.75) is 44.7 Å². The molecular formula is C16H24BrClN2O3. The first-order chi connectivity index (χ1) is 10.6. The number of hydrogen-bond donors (Lipinski definition) is 2. The van der Waals surface area contributed by atoms with Crippen LogP contribution in [0, 0.1) is 0 Å². The molecule has 0 heterocycles. The first-order valence-electron chi connectivity index (χ1n) is 7.61. The van der Waals surface area contributed by atoms with Crippen LogP contribution >= 0.6 is 28.3 Å². The lowest BCUT2D eigenvalue weighted by molar-refractivity contribution is -0.119. The van der Waals surface area contributed by atoms with Crippen LogP contribution in [0.4, 0.5) is 0 Å². The maximum absolute atomic E-state index is 10.9. The highest BCUT2D eigenvalue weighted by Gasteiger charge is 2.15. The molecule has 0 saturated heterocycles. The number of amides is 1. The lowest BCUT2D eigenvalue weighted by atomic mass is 9.95. The average molecular weight is 408 g/mol. The van der Waals surface area contributed by atoms with Gasteiger partial charge < -0.3 is 20.5 Å². The monoisotopic (exact) mass is 406 g/mol. The van der Waals surface area contributed by atoms with E-state index in [0.717, 1.165) is 16.6 Å². The lowest BCUT2D eigenvalue weighted by Crippen LogP contribution is -2.30. The van der Waals surface area contributed by atoms with Gasteiger partial charge in [0.25, 0.3) is 5.91 Å². The summed E-state index contributed by atoms with van der Waals surface area (Å²) in [5.41, 5.74) is 6.22. The summed E-state index contributed by atoms with van der Waals surface area (Å²) in [5.74, 6) is 0.579. The molecule has 0 spiro atoms. The molecule has 1 saturated carbocycles. The van der Waals surface area contributed by atoms with Gasteiger partial charge in [-0.2, -0.15) is 0 Å². The van der Waals surface area contributed by atoms with E-state index in [-0.39, 0.29) is 19.0 Å². The van der Waals surface area contributed by atoms with Gasteiger partial charge in [0.05, 0.1) is 11.6 Å². The van der Waals surface area contributed by atoms with E-state index in [2.05, 4.69) is 21.2 Å². The van der Waals surface area contributed by atoms with E-state index in [1.165, 1.54) is 32.1 Å². The summed E-state index contributed by atoms with van der Waals surface area (Å²) in [6, 6.07) is 4.51. The van der Waals surface area contributed by atoms with Crippen LogP contribution in [-0.2, 0) is 11.3 Å². The first kappa shape index (κ1) is 20.1. The van der Waals surface area contributed by atoms with Crippen molar-refractivity contribution in [3.63, 3.8) is 0 Å². The molecular weight excluding hydrogens is 384 g/mol. The molecule has 2 rings (SSSR count). The van der Waals surface area contributed by atoms with Crippen molar-refractivity contribution in [1.29, 1.82) is 0 Å². The minimum atomic E-state index is -0.517.